The van der Waals surface area contributed by atoms with Crippen LogP contribution in [0.15, 0.2) is 57.6 Å². The fourth-order valence-corrected chi connectivity index (χ4v) is 6.92. The lowest BCUT2D eigenvalue weighted by Gasteiger charge is -2.49. The molecule has 0 radical (unpaired) electrons. The van der Waals surface area contributed by atoms with Gasteiger partial charge in [0.2, 0.25) is 11.9 Å². The molecule has 0 unspecified atom stereocenters. The summed E-state index contributed by atoms with van der Waals surface area (Å²) in [5.41, 5.74) is 11.7. The molecule has 1 saturated heterocycles. The Bertz CT molecular complexity index is 1310. The van der Waals surface area contributed by atoms with Crippen LogP contribution in [0.3, 0.4) is 0 Å². The summed E-state index contributed by atoms with van der Waals surface area (Å²) >= 11 is 16.0. The van der Waals surface area contributed by atoms with E-state index in [1.54, 1.807) is 36.4 Å². The van der Waals surface area contributed by atoms with E-state index in [1.165, 1.54) is 40.2 Å². The number of fused-ring (bicyclic) bond motifs is 1. The van der Waals surface area contributed by atoms with E-state index in [0.29, 0.717) is 37.0 Å². The molecule has 2 aliphatic rings. The fraction of sp³-hybridized carbons (Fsp3) is 0.227. The minimum atomic E-state index is -1.21. The maximum absolute atomic E-state index is 12.8. The van der Waals surface area contributed by atoms with Crippen LogP contribution in [0.25, 0.3) is 0 Å². The number of aliphatic carboxylic acids is 1. The van der Waals surface area contributed by atoms with Crippen LogP contribution in [-0.2, 0) is 14.4 Å². The van der Waals surface area contributed by atoms with Gasteiger partial charge in [0.1, 0.15) is 28.0 Å². The number of carbonyl (C=O) groups is 3. The number of amides is 2. The molecule has 1 fully saturated rings. The van der Waals surface area contributed by atoms with Crippen LogP contribution in [0.5, 0.6) is 0 Å². The highest BCUT2D eigenvalue weighted by molar-refractivity contribution is 8.00. The van der Waals surface area contributed by atoms with Crippen LogP contribution >= 0.6 is 58.5 Å². The third-order valence-electron chi connectivity index (χ3n) is 5.16. The highest BCUT2D eigenvalue weighted by atomic mass is 35.5. The molecule has 3 heterocycles. The number of β-lactam (4-membered cyclic amide) rings is 1. The minimum absolute atomic E-state index is 0.0259. The summed E-state index contributed by atoms with van der Waals surface area (Å²) < 4.78 is 0. The Morgan fingerprint density at radius 2 is 2.03 bits per heavy atom. The molecule has 2 atom stereocenters. The predicted molar refractivity (Wildman–Crippen MR) is 148 cm³/mol. The van der Waals surface area contributed by atoms with Gasteiger partial charge in [-0.1, -0.05) is 35.4 Å². The zero-order chi connectivity index (χ0) is 26.7. The lowest BCUT2D eigenvalue weighted by atomic mass is 10.0. The number of nitrogens with two attached hydrogens (primary N) is 2. The van der Waals surface area contributed by atoms with Crippen molar-refractivity contribution in [1.29, 1.82) is 0 Å². The molecule has 15 heteroatoms. The van der Waals surface area contributed by atoms with Crippen molar-refractivity contribution in [3.8, 4) is 0 Å². The van der Waals surface area contributed by atoms with Gasteiger partial charge in [-0.3, -0.25) is 14.5 Å². The summed E-state index contributed by atoms with van der Waals surface area (Å²) in [4.78, 5) is 47.1. The van der Waals surface area contributed by atoms with Gasteiger partial charge >= 0.3 is 5.97 Å². The second-order valence-electron chi connectivity index (χ2n) is 7.70. The van der Waals surface area contributed by atoms with Crippen molar-refractivity contribution in [3.05, 3.63) is 57.7 Å². The number of aromatic nitrogens is 2. The van der Waals surface area contributed by atoms with Crippen LogP contribution in [0.2, 0.25) is 10.0 Å². The van der Waals surface area contributed by atoms with Gasteiger partial charge in [-0.05, 0) is 23.8 Å². The van der Waals surface area contributed by atoms with E-state index in [4.69, 9.17) is 34.7 Å². The number of hydrogen-bond donors (Lipinski definition) is 4. The number of carbonyl (C=O) groups excluding carboxylic acids is 2. The summed E-state index contributed by atoms with van der Waals surface area (Å²) in [5, 5.41) is 13.6. The Labute approximate surface area is 234 Å². The number of nitrogen functional groups attached to an aromatic ring is 2. The van der Waals surface area contributed by atoms with E-state index in [9.17, 15) is 19.5 Å². The highest BCUT2D eigenvalue weighted by Crippen LogP contribution is 2.41. The molecule has 194 valence electrons. The van der Waals surface area contributed by atoms with E-state index in [1.807, 2.05) is 0 Å². The molecule has 2 aliphatic heterocycles. The smallest absolute Gasteiger partial charge is 0.352 e. The number of carboxylic acid groups (broad SMARTS) is 1. The molecule has 2 aromatic rings. The second kappa shape index (κ2) is 11.9. The SMILES string of the molecule is Nc1cc(SCC=CC2=C(C(=O)O)N3C(=O)[C@@H](NC(=O)CSc4cc(Cl)ccc4Cl)[C@H]3SC2)nc(N)n1. The fourth-order valence-electron chi connectivity index (χ4n) is 3.58. The van der Waals surface area contributed by atoms with E-state index in [2.05, 4.69) is 15.3 Å². The summed E-state index contributed by atoms with van der Waals surface area (Å²) in [6.07, 6.45) is 3.46. The van der Waals surface area contributed by atoms with Gasteiger partial charge in [0.15, 0.2) is 0 Å². The summed E-state index contributed by atoms with van der Waals surface area (Å²) in [5.74, 6) is -0.853. The number of carboxylic acids is 1. The molecule has 6 N–H and O–H groups in total. The standard InChI is InChI=1S/C22H20Cl2N6O4S3/c23-11-3-4-12(24)13(6-11)36-9-15(31)28-17-19(32)30-18(21(33)34)10(8-37-20(17)30)2-1-5-35-16-7-14(25)27-22(26)29-16/h1-4,6-7,17,20H,5,8-9H2,(H,28,31)(H,33,34)(H4,25,26,27,29)/t17-,20-/m1/s1. The average molecular weight is 600 g/mol. The van der Waals surface area contributed by atoms with Gasteiger partial charge in [0, 0.05) is 27.5 Å². The van der Waals surface area contributed by atoms with Gasteiger partial charge in [0.25, 0.3) is 5.91 Å². The maximum Gasteiger partial charge on any atom is 0.352 e. The molecule has 0 saturated carbocycles. The quantitative estimate of drug-likeness (QED) is 0.190. The molecule has 37 heavy (non-hydrogen) atoms. The normalized spacial score (nSPS) is 19.1. The molecule has 4 rings (SSSR count). The topological polar surface area (TPSA) is 165 Å². The zero-order valence-corrected chi connectivity index (χ0v) is 22.9. The molecular formula is C22H20Cl2N6O4S3. The molecular weight excluding hydrogens is 579 g/mol. The Morgan fingerprint density at radius 1 is 1.24 bits per heavy atom. The molecule has 0 aliphatic carbocycles. The van der Waals surface area contributed by atoms with Crippen molar-refractivity contribution in [2.45, 2.75) is 21.3 Å². The predicted octanol–water partition coefficient (Wildman–Crippen LogP) is 3.13. The second-order valence-corrected chi connectivity index (χ2v) is 11.7. The molecule has 0 spiro atoms. The first kappa shape index (κ1) is 27.5. The molecule has 1 aromatic heterocycles. The summed E-state index contributed by atoms with van der Waals surface area (Å²) in [6, 6.07) is 5.73. The number of rotatable bonds is 9. The van der Waals surface area contributed by atoms with Crippen LogP contribution in [-0.4, -0.2) is 66.4 Å². The van der Waals surface area contributed by atoms with E-state index >= 15 is 0 Å². The molecule has 0 bridgehead atoms. The highest BCUT2D eigenvalue weighted by Gasteiger charge is 2.53. The Hall–Kier alpha value is -2.58. The number of nitrogens with zero attached hydrogens (tertiary/aromatic N) is 3. The third-order valence-corrected chi connectivity index (χ3v) is 9.05. The Kier molecular flexibility index (Phi) is 8.80. The first-order chi connectivity index (χ1) is 17.6. The van der Waals surface area contributed by atoms with Gasteiger partial charge in [-0.15, -0.1) is 35.3 Å². The van der Waals surface area contributed by atoms with Crippen LogP contribution in [0.4, 0.5) is 11.8 Å². The minimum Gasteiger partial charge on any atom is -0.477 e. The van der Waals surface area contributed by atoms with Crippen molar-refractivity contribution in [1.82, 2.24) is 20.2 Å². The van der Waals surface area contributed by atoms with E-state index < -0.39 is 23.3 Å². The molecule has 10 nitrogen and oxygen atoms in total. The largest absolute Gasteiger partial charge is 0.477 e. The Morgan fingerprint density at radius 3 is 2.76 bits per heavy atom. The van der Waals surface area contributed by atoms with Gasteiger partial charge in [-0.2, -0.15) is 4.98 Å². The zero-order valence-electron chi connectivity index (χ0n) is 18.9. The van der Waals surface area contributed by atoms with Crippen molar-refractivity contribution >= 4 is 88.0 Å². The number of thioether (sulfide) groups is 3. The number of benzene rings is 1. The number of anilines is 2. The first-order valence-electron chi connectivity index (χ1n) is 10.6. The number of halogens is 2. The lowest BCUT2D eigenvalue weighted by Crippen LogP contribution is -2.70. The number of nitrogens with one attached hydrogen (secondary N) is 1. The van der Waals surface area contributed by atoms with Crippen LogP contribution in [0, 0.1) is 0 Å². The first-order valence-corrected chi connectivity index (χ1v) is 14.4. The van der Waals surface area contributed by atoms with Gasteiger partial charge in [-0.25, -0.2) is 9.78 Å². The van der Waals surface area contributed by atoms with E-state index in [-0.39, 0.29) is 29.1 Å². The van der Waals surface area contributed by atoms with E-state index in [0.717, 1.165) is 0 Å². The van der Waals surface area contributed by atoms with Crippen LogP contribution in [0.1, 0.15) is 0 Å². The lowest BCUT2D eigenvalue weighted by molar-refractivity contribution is -0.150. The van der Waals surface area contributed by atoms with Crippen LogP contribution < -0.4 is 16.8 Å². The molecule has 1 aromatic carbocycles. The van der Waals surface area contributed by atoms with Crippen molar-refractivity contribution in [2.75, 3.05) is 28.7 Å². The number of allylic oxidation sites excluding steroid dienone is 1. The Balaban J connectivity index is 1.36. The van der Waals surface area contributed by atoms with Gasteiger partial charge in [0.05, 0.1) is 10.8 Å². The summed E-state index contributed by atoms with van der Waals surface area (Å²) in [7, 11) is 0. The number of hydrogen-bond acceptors (Lipinski definition) is 10. The third kappa shape index (κ3) is 6.47. The van der Waals surface area contributed by atoms with Crippen molar-refractivity contribution in [2.24, 2.45) is 0 Å². The van der Waals surface area contributed by atoms with Gasteiger partial charge < -0.3 is 21.9 Å². The summed E-state index contributed by atoms with van der Waals surface area (Å²) in [6.45, 7) is 0. The van der Waals surface area contributed by atoms with Crippen molar-refractivity contribution < 1.29 is 19.5 Å². The monoisotopic (exact) mass is 598 g/mol. The average Bonchev–Trinajstić information content (AvgIpc) is 2.84. The maximum atomic E-state index is 12.8. The van der Waals surface area contributed by atoms with Crippen molar-refractivity contribution in [3.63, 3.8) is 0 Å². The molecule has 2 amide bonds.